The van der Waals surface area contributed by atoms with Crippen molar-refractivity contribution < 1.29 is 0 Å². The lowest BCUT2D eigenvalue weighted by molar-refractivity contribution is 0.0649. The van der Waals surface area contributed by atoms with Crippen LogP contribution in [-0.2, 0) is 0 Å². The third-order valence-electron chi connectivity index (χ3n) is 6.49. The van der Waals surface area contributed by atoms with Crippen molar-refractivity contribution in [3.05, 3.63) is 42.4 Å². The van der Waals surface area contributed by atoms with Crippen molar-refractivity contribution in [1.29, 1.82) is 0 Å². The van der Waals surface area contributed by atoms with Gasteiger partial charge in [-0.25, -0.2) is 9.67 Å². The molecule has 2 aromatic heterocycles. The molecular weight excluding hydrogens is 390 g/mol. The van der Waals surface area contributed by atoms with Crippen LogP contribution in [-0.4, -0.2) is 60.8 Å². The third kappa shape index (κ3) is 4.51. The second-order valence-corrected chi connectivity index (χ2v) is 8.53. The first-order chi connectivity index (χ1) is 15.3. The molecule has 2 aliphatic heterocycles. The van der Waals surface area contributed by atoms with Crippen LogP contribution in [0.1, 0.15) is 37.7 Å². The Morgan fingerprint density at radius 2 is 2.03 bits per heavy atom. The van der Waals surface area contributed by atoms with E-state index in [2.05, 4.69) is 41.0 Å². The molecule has 4 heterocycles. The predicted molar refractivity (Wildman–Crippen MR) is 120 cm³/mol. The summed E-state index contributed by atoms with van der Waals surface area (Å²) in [4.78, 5) is 11.8. The summed E-state index contributed by atoms with van der Waals surface area (Å²) in [5.74, 6) is 2.12. The Hall–Kier alpha value is -3.07. The number of aryl methyl sites for hydroxylation is 1. The summed E-state index contributed by atoms with van der Waals surface area (Å²) < 4.78 is 1.65. The molecule has 2 saturated heterocycles. The maximum absolute atomic E-state index is 4.68. The first-order valence-corrected chi connectivity index (χ1v) is 11.2. The minimum atomic E-state index is 0.569. The minimum absolute atomic E-state index is 0.569. The van der Waals surface area contributed by atoms with E-state index >= 15 is 0 Å². The Kier molecular flexibility index (Phi) is 5.75. The highest BCUT2D eigenvalue weighted by molar-refractivity contribution is 5.60. The van der Waals surface area contributed by atoms with Crippen LogP contribution in [0.15, 0.2) is 36.8 Å². The average Bonchev–Trinajstić information content (AvgIpc) is 3.34. The fourth-order valence-electron chi connectivity index (χ4n) is 4.90. The van der Waals surface area contributed by atoms with E-state index in [9.17, 15) is 0 Å². The Balaban J connectivity index is 1.25. The molecule has 0 saturated carbocycles. The molecule has 162 valence electrons. The van der Waals surface area contributed by atoms with E-state index in [4.69, 9.17) is 0 Å². The van der Waals surface area contributed by atoms with Crippen LogP contribution in [0.2, 0.25) is 0 Å². The van der Waals surface area contributed by atoms with E-state index in [0.717, 1.165) is 35.3 Å². The fraction of sp³-hybridized carbons (Fsp3) is 0.500. The zero-order valence-electron chi connectivity index (χ0n) is 17.9. The SMILES string of the molecule is Cc1ccc(Nc2nccc(NC[C@@H]3CCCN4CCCC[C@H]34)n2)cc1-n1cnnn1. The predicted octanol–water partition coefficient (Wildman–Crippen LogP) is 3.18. The van der Waals surface area contributed by atoms with Crippen LogP contribution in [0.4, 0.5) is 17.5 Å². The molecule has 0 bridgehead atoms. The molecule has 0 aliphatic carbocycles. The number of benzene rings is 1. The lowest BCUT2D eigenvalue weighted by Gasteiger charge is -2.44. The van der Waals surface area contributed by atoms with Gasteiger partial charge in [0.15, 0.2) is 0 Å². The highest BCUT2D eigenvalue weighted by atomic mass is 15.5. The molecule has 0 radical (unpaired) electrons. The number of fused-ring (bicyclic) bond motifs is 1. The van der Waals surface area contributed by atoms with Gasteiger partial charge in [0.25, 0.3) is 0 Å². The van der Waals surface area contributed by atoms with Gasteiger partial charge in [0.1, 0.15) is 12.1 Å². The number of hydrogen-bond donors (Lipinski definition) is 2. The maximum atomic E-state index is 4.68. The third-order valence-corrected chi connectivity index (χ3v) is 6.49. The number of nitrogens with one attached hydrogen (secondary N) is 2. The maximum Gasteiger partial charge on any atom is 0.229 e. The molecule has 0 spiro atoms. The second kappa shape index (κ2) is 8.97. The summed E-state index contributed by atoms with van der Waals surface area (Å²) in [6.45, 7) is 5.53. The van der Waals surface area contributed by atoms with E-state index in [0.29, 0.717) is 11.9 Å². The van der Waals surface area contributed by atoms with Gasteiger partial charge in [-0.15, -0.1) is 5.10 Å². The Morgan fingerprint density at radius 1 is 1.10 bits per heavy atom. The van der Waals surface area contributed by atoms with Crippen molar-refractivity contribution in [3.8, 4) is 5.69 Å². The zero-order chi connectivity index (χ0) is 21.0. The molecular formula is C22H29N9. The summed E-state index contributed by atoms with van der Waals surface area (Å²) in [6.07, 6.45) is 10.0. The number of anilines is 3. The molecule has 31 heavy (non-hydrogen) atoms. The van der Waals surface area contributed by atoms with Crippen molar-refractivity contribution in [2.75, 3.05) is 30.3 Å². The first-order valence-electron chi connectivity index (χ1n) is 11.2. The number of nitrogens with zero attached hydrogens (tertiary/aromatic N) is 7. The number of hydrogen-bond acceptors (Lipinski definition) is 8. The summed E-state index contributed by atoms with van der Waals surface area (Å²) in [5.41, 5.74) is 2.88. The molecule has 2 N–H and O–H groups in total. The molecule has 2 aliphatic rings. The van der Waals surface area contributed by atoms with Crippen LogP contribution in [0.5, 0.6) is 0 Å². The topological polar surface area (TPSA) is 96.7 Å². The van der Waals surface area contributed by atoms with Crippen LogP contribution >= 0.6 is 0 Å². The van der Waals surface area contributed by atoms with Crippen molar-refractivity contribution in [3.63, 3.8) is 0 Å². The summed E-state index contributed by atoms with van der Waals surface area (Å²) in [7, 11) is 0. The van der Waals surface area contributed by atoms with Gasteiger partial charge < -0.3 is 15.5 Å². The van der Waals surface area contributed by atoms with E-state index < -0.39 is 0 Å². The standard InChI is InChI=1S/C22H29N9/c1-16-7-8-18(13-20(16)31-15-25-28-29-31)26-22-23-10-9-21(27-22)24-14-17-5-4-12-30-11-3-2-6-19(17)30/h7-10,13,15,17,19H,2-6,11-12,14H2,1H3,(H2,23,24,26,27)/t17-,19+/m0/s1. The molecule has 3 aromatic rings. The van der Waals surface area contributed by atoms with Gasteiger partial charge >= 0.3 is 0 Å². The van der Waals surface area contributed by atoms with Crippen molar-refractivity contribution >= 4 is 17.5 Å². The van der Waals surface area contributed by atoms with Crippen molar-refractivity contribution in [2.45, 2.75) is 45.1 Å². The minimum Gasteiger partial charge on any atom is -0.370 e. The molecule has 1 aromatic carbocycles. The van der Waals surface area contributed by atoms with E-state index in [1.807, 2.05) is 31.2 Å². The molecule has 2 fully saturated rings. The Bertz CT molecular complexity index is 1000. The summed E-state index contributed by atoms with van der Waals surface area (Å²) in [5, 5.41) is 18.3. The fourth-order valence-corrected chi connectivity index (χ4v) is 4.90. The Labute approximate surface area is 182 Å². The molecule has 2 atom stereocenters. The summed E-state index contributed by atoms with van der Waals surface area (Å²) in [6, 6.07) is 8.70. The number of aromatic nitrogens is 6. The van der Waals surface area contributed by atoms with Gasteiger partial charge in [-0.3, -0.25) is 0 Å². The quantitative estimate of drug-likeness (QED) is 0.629. The number of piperidine rings is 2. The monoisotopic (exact) mass is 419 g/mol. The van der Waals surface area contributed by atoms with Crippen LogP contribution in [0, 0.1) is 12.8 Å². The second-order valence-electron chi connectivity index (χ2n) is 8.53. The van der Waals surface area contributed by atoms with E-state index in [-0.39, 0.29) is 0 Å². The smallest absolute Gasteiger partial charge is 0.229 e. The molecule has 9 heteroatoms. The van der Waals surface area contributed by atoms with Crippen LogP contribution < -0.4 is 10.6 Å². The number of rotatable bonds is 6. The highest BCUT2D eigenvalue weighted by Crippen LogP contribution is 2.31. The number of tetrazole rings is 1. The van der Waals surface area contributed by atoms with Crippen LogP contribution in [0.3, 0.4) is 0 Å². The van der Waals surface area contributed by atoms with E-state index in [1.165, 1.54) is 45.2 Å². The van der Waals surface area contributed by atoms with Crippen molar-refractivity contribution in [1.82, 2.24) is 35.1 Å². The average molecular weight is 420 g/mol. The zero-order valence-corrected chi connectivity index (χ0v) is 17.9. The Morgan fingerprint density at radius 3 is 2.94 bits per heavy atom. The van der Waals surface area contributed by atoms with Crippen LogP contribution in [0.25, 0.3) is 5.69 Å². The molecule has 0 amide bonds. The normalized spacial score (nSPS) is 21.5. The highest BCUT2D eigenvalue weighted by Gasteiger charge is 2.32. The van der Waals surface area contributed by atoms with Gasteiger partial charge in [-0.1, -0.05) is 12.5 Å². The van der Waals surface area contributed by atoms with Gasteiger partial charge in [0, 0.05) is 24.5 Å². The lowest BCUT2D eigenvalue weighted by Crippen LogP contribution is -2.49. The van der Waals surface area contributed by atoms with Gasteiger partial charge in [-0.05, 0) is 85.8 Å². The largest absolute Gasteiger partial charge is 0.370 e. The molecule has 0 unspecified atom stereocenters. The molecule has 5 rings (SSSR count). The van der Waals surface area contributed by atoms with Gasteiger partial charge in [0.05, 0.1) is 5.69 Å². The van der Waals surface area contributed by atoms with Gasteiger partial charge in [-0.2, -0.15) is 4.98 Å². The van der Waals surface area contributed by atoms with E-state index in [1.54, 1.807) is 17.2 Å². The summed E-state index contributed by atoms with van der Waals surface area (Å²) >= 11 is 0. The first kappa shape index (κ1) is 19.9. The van der Waals surface area contributed by atoms with Crippen molar-refractivity contribution in [2.24, 2.45) is 5.92 Å². The molecule has 9 nitrogen and oxygen atoms in total. The lowest BCUT2D eigenvalue weighted by atomic mass is 9.83. The van der Waals surface area contributed by atoms with Gasteiger partial charge in [0.2, 0.25) is 5.95 Å².